The second kappa shape index (κ2) is 7.91. The number of aryl methyl sites for hydroxylation is 1. The maximum Gasteiger partial charge on any atom is 0.237 e. The molecule has 0 saturated carbocycles. The van der Waals surface area contributed by atoms with Gasteiger partial charge in [0.15, 0.2) is 5.16 Å². The molecule has 6 nitrogen and oxygen atoms in total. The molecule has 0 aliphatic heterocycles. The minimum Gasteiger partial charge on any atom is -0.341 e. The molecule has 1 amide bonds. The van der Waals surface area contributed by atoms with Crippen molar-refractivity contribution in [2.75, 3.05) is 5.32 Å². The fourth-order valence-corrected chi connectivity index (χ4v) is 4.55. The van der Waals surface area contributed by atoms with E-state index in [1.807, 2.05) is 17.6 Å². The average Bonchev–Trinajstić information content (AvgIpc) is 3.30. The molecule has 29 heavy (non-hydrogen) atoms. The number of nitrogens with one attached hydrogen (secondary N) is 1. The predicted molar refractivity (Wildman–Crippen MR) is 119 cm³/mol. The lowest BCUT2D eigenvalue weighted by Gasteiger charge is -2.14. The molecule has 0 spiro atoms. The Hall–Kier alpha value is -2.80. The van der Waals surface area contributed by atoms with Crippen LogP contribution in [-0.2, 0) is 11.3 Å². The number of fused-ring (bicyclic) bond motifs is 3. The molecule has 0 aliphatic rings. The Morgan fingerprint density at radius 3 is 2.62 bits per heavy atom. The summed E-state index contributed by atoms with van der Waals surface area (Å²) in [6.07, 6.45) is 1.70. The summed E-state index contributed by atoms with van der Waals surface area (Å²) >= 11 is 1.42. The Bertz CT molecular complexity index is 1180. The highest BCUT2D eigenvalue weighted by Gasteiger charge is 2.19. The van der Waals surface area contributed by atoms with Gasteiger partial charge in [-0.2, -0.15) is 0 Å². The van der Waals surface area contributed by atoms with E-state index in [2.05, 4.69) is 77.3 Å². The molecule has 0 fully saturated rings. The van der Waals surface area contributed by atoms with Crippen LogP contribution in [0.5, 0.6) is 0 Å². The van der Waals surface area contributed by atoms with E-state index in [1.54, 1.807) is 6.33 Å². The van der Waals surface area contributed by atoms with Gasteiger partial charge in [0.2, 0.25) is 5.91 Å². The topological polar surface area (TPSA) is 64.7 Å². The number of hydrogen-bond donors (Lipinski definition) is 1. The van der Waals surface area contributed by atoms with Crippen LogP contribution in [0.15, 0.2) is 53.9 Å². The number of hydrogen-bond acceptors (Lipinski definition) is 4. The van der Waals surface area contributed by atoms with Gasteiger partial charge in [0, 0.05) is 40.1 Å². The Morgan fingerprint density at radius 1 is 1.10 bits per heavy atom. The molecule has 0 aliphatic carbocycles. The minimum atomic E-state index is -0.288. The fraction of sp³-hybridized carbons (Fsp3) is 0.318. The van der Waals surface area contributed by atoms with Crippen LogP contribution in [0.25, 0.3) is 21.8 Å². The van der Waals surface area contributed by atoms with Crippen LogP contribution in [0.4, 0.5) is 5.69 Å². The second-order valence-corrected chi connectivity index (χ2v) is 8.67. The van der Waals surface area contributed by atoms with Crippen LogP contribution in [0, 0.1) is 0 Å². The number of benzene rings is 2. The maximum atomic E-state index is 12.8. The van der Waals surface area contributed by atoms with Crippen LogP contribution in [-0.4, -0.2) is 30.5 Å². The predicted octanol–water partition coefficient (Wildman–Crippen LogP) is 5.11. The highest BCUT2D eigenvalue weighted by molar-refractivity contribution is 8.00. The van der Waals surface area contributed by atoms with Crippen molar-refractivity contribution in [1.82, 2.24) is 19.3 Å². The van der Waals surface area contributed by atoms with Crippen molar-refractivity contribution < 1.29 is 4.79 Å². The van der Waals surface area contributed by atoms with Gasteiger partial charge in [-0.15, -0.1) is 10.2 Å². The van der Waals surface area contributed by atoms with Crippen molar-refractivity contribution in [2.24, 2.45) is 0 Å². The first kappa shape index (κ1) is 19.5. The van der Waals surface area contributed by atoms with Gasteiger partial charge in [-0.3, -0.25) is 4.79 Å². The molecule has 2 aromatic carbocycles. The SMILES string of the molecule is CCn1c2ccccc2c2cc(NC(=O)[C@H](C)Sc3nncn3C(C)C)ccc21. The number of nitrogens with zero attached hydrogens (tertiary/aromatic N) is 4. The summed E-state index contributed by atoms with van der Waals surface area (Å²) in [5.74, 6) is -0.0492. The molecule has 0 unspecified atom stereocenters. The number of aromatic nitrogens is 4. The fourth-order valence-electron chi connectivity index (χ4n) is 3.60. The number of carbonyl (C=O) groups excluding carboxylic acids is 1. The zero-order valence-corrected chi connectivity index (χ0v) is 17.9. The summed E-state index contributed by atoms with van der Waals surface area (Å²) in [6, 6.07) is 14.8. The first-order valence-electron chi connectivity index (χ1n) is 9.87. The standard InChI is InChI=1S/C22H25N5OS/c1-5-26-19-9-7-6-8-17(19)18-12-16(10-11-20(18)26)24-21(28)15(4)29-22-25-23-13-27(22)14(2)3/h6-15H,5H2,1-4H3,(H,24,28)/t15-/m0/s1. The van der Waals surface area contributed by atoms with E-state index in [9.17, 15) is 4.79 Å². The van der Waals surface area contributed by atoms with Crippen molar-refractivity contribution in [3.05, 3.63) is 48.8 Å². The summed E-state index contributed by atoms with van der Waals surface area (Å²) in [4.78, 5) is 12.8. The maximum absolute atomic E-state index is 12.8. The van der Waals surface area contributed by atoms with Crippen LogP contribution < -0.4 is 5.32 Å². The van der Waals surface area contributed by atoms with Crippen LogP contribution >= 0.6 is 11.8 Å². The molecule has 0 saturated heterocycles. The van der Waals surface area contributed by atoms with E-state index in [0.29, 0.717) is 0 Å². The molecule has 0 radical (unpaired) electrons. The summed E-state index contributed by atoms with van der Waals surface area (Å²) in [5, 5.41) is 14.0. The second-order valence-electron chi connectivity index (χ2n) is 7.36. The van der Waals surface area contributed by atoms with Crippen LogP contribution in [0.2, 0.25) is 0 Å². The van der Waals surface area contributed by atoms with E-state index < -0.39 is 0 Å². The van der Waals surface area contributed by atoms with Crippen molar-refractivity contribution in [3.8, 4) is 0 Å². The van der Waals surface area contributed by atoms with Gasteiger partial charge < -0.3 is 14.5 Å². The van der Waals surface area contributed by atoms with Crippen molar-refractivity contribution in [1.29, 1.82) is 0 Å². The average molecular weight is 408 g/mol. The van der Waals surface area contributed by atoms with E-state index >= 15 is 0 Å². The Kier molecular flexibility index (Phi) is 5.32. The van der Waals surface area contributed by atoms with E-state index in [0.717, 1.165) is 22.8 Å². The minimum absolute atomic E-state index is 0.0492. The van der Waals surface area contributed by atoms with Gasteiger partial charge in [0.05, 0.1) is 5.25 Å². The van der Waals surface area contributed by atoms with Crippen molar-refractivity contribution >= 4 is 45.2 Å². The summed E-state index contributed by atoms with van der Waals surface area (Å²) in [6.45, 7) is 9.08. The van der Waals surface area contributed by atoms with E-state index in [1.165, 1.54) is 28.2 Å². The number of thioether (sulfide) groups is 1. The largest absolute Gasteiger partial charge is 0.341 e. The molecule has 1 atom stereocenters. The number of anilines is 1. The first-order valence-corrected chi connectivity index (χ1v) is 10.8. The third-order valence-electron chi connectivity index (χ3n) is 5.10. The molecule has 150 valence electrons. The number of amides is 1. The Balaban J connectivity index is 1.58. The third-order valence-corrected chi connectivity index (χ3v) is 6.18. The smallest absolute Gasteiger partial charge is 0.237 e. The zero-order valence-electron chi connectivity index (χ0n) is 17.1. The van der Waals surface area contributed by atoms with Gasteiger partial charge in [0.1, 0.15) is 6.33 Å². The van der Waals surface area contributed by atoms with Crippen molar-refractivity contribution in [2.45, 2.75) is 50.7 Å². The lowest BCUT2D eigenvalue weighted by atomic mass is 10.1. The number of rotatable bonds is 6. The molecule has 0 bridgehead atoms. The van der Waals surface area contributed by atoms with Gasteiger partial charge >= 0.3 is 0 Å². The summed E-state index contributed by atoms with van der Waals surface area (Å²) in [7, 11) is 0. The normalized spacial score (nSPS) is 12.7. The molecule has 4 rings (SSSR count). The van der Waals surface area contributed by atoms with E-state index in [4.69, 9.17) is 0 Å². The lowest BCUT2D eigenvalue weighted by Crippen LogP contribution is -2.23. The van der Waals surface area contributed by atoms with Crippen molar-refractivity contribution in [3.63, 3.8) is 0 Å². The lowest BCUT2D eigenvalue weighted by molar-refractivity contribution is -0.115. The highest BCUT2D eigenvalue weighted by atomic mass is 32.2. The number of carbonyl (C=O) groups is 1. The van der Waals surface area contributed by atoms with Crippen LogP contribution in [0.1, 0.15) is 33.7 Å². The monoisotopic (exact) mass is 407 g/mol. The Labute approximate surface area is 174 Å². The first-order chi connectivity index (χ1) is 14.0. The molecular weight excluding hydrogens is 382 g/mol. The third kappa shape index (κ3) is 3.62. The number of para-hydroxylation sites is 1. The quantitative estimate of drug-likeness (QED) is 0.451. The summed E-state index contributed by atoms with van der Waals surface area (Å²) < 4.78 is 4.27. The molecule has 7 heteroatoms. The highest BCUT2D eigenvalue weighted by Crippen LogP contribution is 2.31. The van der Waals surface area contributed by atoms with Crippen LogP contribution in [0.3, 0.4) is 0 Å². The van der Waals surface area contributed by atoms with Gasteiger partial charge in [0.25, 0.3) is 0 Å². The molecule has 2 heterocycles. The Morgan fingerprint density at radius 2 is 1.86 bits per heavy atom. The van der Waals surface area contributed by atoms with Gasteiger partial charge in [-0.25, -0.2) is 0 Å². The molecule has 4 aromatic rings. The van der Waals surface area contributed by atoms with E-state index in [-0.39, 0.29) is 17.2 Å². The molecular formula is C22H25N5OS. The summed E-state index contributed by atoms with van der Waals surface area (Å²) in [5.41, 5.74) is 3.20. The molecule has 2 aromatic heterocycles. The molecule has 1 N–H and O–H groups in total. The van der Waals surface area contributed by atoms with Gasteiger partial charge in [-0.1, -0.05) is 30.0 Å². The zero-order chi connectivity index (χ0) is 20.5. The van der Waals surface area contributed by atoms with Gasteiger partial charge in [-0.05, 0) is 52.0 Å².